The largest absolute Gasteiger partial charge is 0.383 e. The van der Waals surface area contributed by atoms with E-state index in [1.165, 1.54) is 131 Å². The molecule has 598 valence electrons. The van der Waals surface area contributed by atoms with Crippen LogP contribution in [-0.2, 0) is 45.6 Å². The van der Waals surface area contributed by atoms with E-state index >= 15 is 0 Å². The van der Waals surface area contributed by atoms with Gasteiger partial charge in [0.2, 0.25) is 0 Å². The first-order valence-electron chi connectivity index (χ1n) is 39.6. The van der Waals surface area contributed by atoms with E-state index in [0.717, 1.165) is 98.7 Å². The zero-order valence-corrected chi connectivity index (χ0v) is 68.7. The van der Waals surface area contributed by atoms with Crippen LogP contribution in [0.15, 0.2) is 214 Å². The fourth-order valence-electron chi connectivity index (χ4n) is 15.4. The monoisotopic (exact) mass is 1560 g/mol. The summed E-state index contributed by atoms with van der Waals surface area (Å²) >= 11 is 0. The molecule has 23 heteroatoms. The lowest BCUT2D eigenvalue weighted by molar-refractivity contribution is 0.628. The number of hydrogen-bond donors (Lipinski definition) is 11. The van der Waals surface area contributed by atoms with Crippen LogP contribution in [0.1, 0.15) is 161 Å². The second kappa shape index (κ2) is 38.3. The molecule has 6 aliphatic carbocycles. The number of H-pyrrole nitrogens is 4. The first kappa shape index (κ1) is 82.6. The van der Waals surface area contributed by atoms with E-state index in [-0.39, 0.29) is 0 Å². The van der Waals surface area contributed by atoms with Crippen molar-refractivity contribution in [3.63, 3.8) is 0 Å². The van der Waals surface area contributed by atoms with E-state index in [2.05, 4.69) is 179 Å². The van der Waals surface area contributed by atoms with Crippen LogP contribution in [0.4, 0.5) is 40.7 Å². The summed E-state index contributed by atoms with van der Waals surface area (Å²) in [6, 6.07) is 28.4. The first-order valence-corrected chi connectivity index (χ1v) is 39.6. The van der Waals surface area contributed by atoms with Crippen LogP contribution in [0.5, 0.6) is 0 Å². The van der Waals surface area contributed by atoms with Crippen LogP contribution >= 0.6 is 0 Å². The highest BCUT2D eigenvalue weighted by atomic mass is 14.9. The van der Waals surface area contributed by atoms with Crippen molar-refractivity contribution in [1.29, 1.82) is 0 Å². The van der Waals surface area contributed by atoms with Crippen molar-refractivity contribution in [3.8, 4) is 0 Å². The number of pyridine rings is 11. The minimum absolute atomic E-state index is 0.496. The molecule has 16 aromatic heterocycles. The van der Waals surface area contributed by atoms with Gasteiger partial charge in [-0.05, 0) is 257 Å². The maximum absolute atomic E-state index is 5.75. The summed E-state index contributed by atoms with van der Waals surface area (Å²) in [6.07, 6.45) is 50.5. The number of rotatable bonds is 0. The molecule has 18 N–H and O–H groups in total. The molecule has 4 unspecified atom stereocenters. The molecule has 117 heavy (non-hydrogen) atoms. The SMILES string of the molecule is CC1=CCc2ccnc(N)c21.CC1=Cc2c(ccnc2N)C1.CC1C=Cc2c1ccnc2N.CC1CCc2c1ccnc2N.CC1CCc2ccnc(N)c21.CC1Cc2ccnc(N)c2C1.Cc1c[nH]c2ccncc12.Cc1c[nH]c2cnccc12.Cc1cc2ccncc2[nH]1.Cc1cc2cnccc2[nH]1.Cn1ccc2c(N)nccc21. The predicted octanol–water partition coefficient (Wildman–Crippen LogP) is 18.5. The molecular formula is C94H107N23. The van der Waals surface area contributed by atoms with Gasteiger partial charge in [-0.15, -0.1) is 0 Å². The maximum atomic E-state index is 5.75. The minimum Gasteiger partial charge on any atom is -0.383 e. The van der Waals surface area contributed by atoms with Crippen LogP contribution in [0.3, 0.4) is 0 Å². The van der Waals surface area contributed by atoms with E-state index in [1.54, 1.807) is 62.0 Å². The highest BCUT2D eigenvalue weighted by molar-refractivity contribution is 5.89. The fourth-order valence-corrected chi connectivity index (χ4v) is 15.4. The highest BCUT2D eigenvalue weighted by Gasteiger charge is 2.23. The van der Waals surface area contributed by atoms with Gasteiger partial charge in [0.25, 0.3) is 0 Å². The van der Waals surface area contributed by atoms with E-state index in [0.29, 0.717) is 41.0 Å². The maximum Gasteiger partial charge on any atom is 0.132 e. The molecule has 0 radical (unpaired) electrons. The molecule has 0 bridgehead atoms. The summed E-state index contributed by atoms with van der Waals surface area (Å²) in [7, 11) is 1.99. The number of hydrogen-bond acceptors (Lipinski definition) is 18. The molecule has 0 saturated carbocycles. The number of aromatic nitrogens is 16. The quantitative estimate of drug-likeness (QED) is 0.0672. The summed E-state index contributed by atoms with van der Waals surface area (Å²) in [6.45, 7) is 21.3. The van der Waals surface area contributed by atoms with Gasteiger partial charge in [-0.2, -0.15) is 0 Å². The molecular weight excluding hydrogens is 1450 g/mol. The van der Waals surface area contributed by atoms with Gasteiger partial charge in [0.1, 0.15) is 40.7 Å². The highest BCUT2D eigenvalue weighted by Crippen LogP contribution is 2.37. The second-order valence-electron chi connectivity index (χ2n) is 30.5. The minimum atomic E-state index is 0.496. The van der Waals surface area contributed by atoms with Crippen LogP contribution in [0.25, 0.3) is 72.2 Å². The molecule has 0 saturated heterocycles. The Bertz CT molecular complexity index is 5920. The third-order valence-corrected chi connectivity index (χ3v) is 21.7. The van der Waals surface area contributed by atoms with Gasteiger partial charge >= 0.3 is 0 Å². The third-order valence-electron chi connectivity index (χ3n) is 21.7. The fraction of sp³-hybridized carbons (Fsp3) is 0.245. The Morgan fingerprint density at radius 1 is 0.436 bits per heavy atom. The molecule has 23 nitrogen and oxygen atoms in total. The van der Waals surface area contributed by atoms with Gasteiger partial charge < -0.3 is 64.6 Å². The average Bonchev–Trinajstić information content (AvgIpc) is 1.72. The predicted molar refractivity (Wildman–Crippen MR) is 483 cm³/mol. The topological polar surface area (TPSA) is 392 Å². The van der Waals surface area contributed by atoms with Gasteiger partial charge in [0, 0.05) is 184 Å². The average molecular weight is 1560 g/mol. The van der Waals surface area contributed by atoms with E-state index in [9.17, 15) is 0 Å². The van der Waals surface area contributed by atoms with Gasteiger partial charge in [-0.25, -0.2) is 34.9 Å². The lowest BCUT2D eigenvalue weighted by atomic mass is 10.0. The van der Waals surface area contributed by atoms with Crippen LogP contribution < -0.4 is 40.1 Å². The number of nitrogens with zero attached hydrogens (tertiary/aromatic N) is 12. The van der Waals surface area contributed by atoms with Crippen LogP contribution in [0, 0.1) is 33.6 Å². The van der Waals surface area contributed by atoms with Crippen LogP contribution in [-0.4, -0.2) is 79.3 Å². The Morgan fingerprint density at radius 3 is 1.67 bits per heavy atom. The van der Waals surface area contributed by atoms with Crippen molar-refractivity contribution < 1.29 is 0 Å². The molecule has 16 heterocycles. The number of aromatic amines is 4. The standard InChI is InChI=1S/C9H12N2.C9H10N2.C9H12N2.C9H10N2.C9H12N2.C9H10N2.C8H9N3.4C8H8N2/c2*1-6-4-7-2-3-11-9(10)8(7)5-6;2*1-6-2-3-8-7(6)4-5-11-9(8)10;2*1-6-2-3-7-4-5-11-9(10)8(6)7;1-11-5-3-6-7(11)2-4-10-8(6)9;1-6-4-10-8-2-3-9-5-7(6)8;1-6-4-7-5-9-3-2-8(7)10-6;1-6-4-10-8-5-9-3-2-7(6)8;1-6-4-7-2-3-9-5-8(7)10-6/h2-3,6H,4-5H2,1H3,(H2,10,11);2-3,5H,4H2,1H3,(H2,10,11);4-6H,2-3H2,1H3,(H2,10,11);2-6H,1H3,(H2,10,11);4-6H,2-3H2,1H3,(H2,10,11);2,4-5H,3H2,1H3,(H2,10,11);2-5H,1H3,(H2,9,10);4*2-5,10H,1H3. The second-order valence-corrected chi connectivity index (χ2v) is 30.5. The molecule has 0 aliphatic heterocycles. The number of allylic oxidation sites excluding steroid dienone is 4. The van der Waals surface area contributed by atoms with Crippen molar-refractivity contribution in [2.24, 2.45) is 13.0 Å². The normalized spacial score (nSPS) is 15.3. The van der Waals surface area contributed by atoms with Crippen molar-refractivity contribution >= 4 is 113 Å². The first-order chi connectivity index (χ1) is 56.5. The number of nitrogen functional groups attached to an aromatic ring is 7. The molecule has 0 fully saturated rings. The Labute approximate surface area is 683 Å². The van der Waals surface area contributed by atoms with E-state index < -0.39 is 0 Å². The number of fused-ring (bicyclic) bond motifs is 11. The van der Waals surface area contributed by atoms with Gasteiger partial charge in [-0.3, -0.25) is 19.9 Å². The smallest absolute Gasteiger partial charge is 0.132 e. The number of nitrogens with two attached hydrogens (primary N) is 7. The molecule has 0 aromatic carbocycles. The number of anilines is 7. The van der Waals surface area contributed by atoms with Gasteiger partial charge in [0.15, 0.2) is 0 Å². The molecule has 16 aromatic rings. The Hall–Kier alpha value is -13.8. The van der Waals surface area contributed by atoms with E-state index in [1.807, 2.05) is 136 Å². The number of aryl methyl sites for hydroxylation is 6. The summed E-state index contributed by atoms with van der Waals surface area (Å²) in [5, 5.41) is 5.90. The Balaban J connectivity index is 0.000000119. The van der Waals surface area contributed by atoms with Crippen molar-refractivity contribution in [1.82, 2.24) is 79.3 Å². The lowest BCUT2D eigenvalue weighted by Gasteiger charge is -2.05. The Kier molecular flexibility index (Phi) is 27.1. The molecule has 22 rings (SSSR count). The van der Waals surface area contributed by atoms with Crippen LogP contribution in [0.2, 0.25) is 0 Å². The third kappa shape index (κ3) is 20.6. The summed E-state index contributed by atoms with van der Waals surface area (Å²) < 4.78 is 2.02. The molecule has 4 atom stereocenters. The molecule has 0 amide bonds. The van der Waals surface area contributed by atoms with E-state index in [4.69, 9.17) is 40.1 Å². The number of nitrogens with one attached hydrogen (secondary N) is 4. The van der Waals surface area contributed by atoms with Gasteiger partial charge in [0.05, 0.1) is 28.9 Å². The zero-order valence-electron chi connectivity index (χ0n) is 68.7. The molecule has 0 spiro atoms. The van der Waals surface area contributed by atoms with Crippen molar-refractivity contribution in [2.75, 3.05) is 40.1 Å². The van der Waals surface area contributed by atoms with Gasteiger partial charge in [-0.1, -0.05) is 57.6 Å². The summed E-state index contributed by atoms with van der Waals surface area (Å²) in [4.78, 5) is 57.0. The van der Waals surface area contributed by atoms with Crippen molar-refractivity contribution in [2.45, 2.75) is 138 Å². The molecule has 6 aliphatic rings. The van der Waals surface area contributed by atoms with Crippen molar-refractivity contribution in [3.05, 3.63) is 303 Å². The summed E-state index contributed by atoms with van der Waals surface area (Å²) in [5.74, 6) is 7.27. The zero-order chi connectivity index (χ0) is 82.8. The Morgan fingerprint density at radius 2 is 1.00 bits per heavy atom. The summed E-state index contributed by atoms with van der Waals surface area (Å²) in [5.41, 5.74) is 68.4. The lowest BCUT2D eigenvalue weighted by Crippen LogP contribution is -1.98.